The van der Waals surface area contributed by atoms with Crippen LogP contribution in [-0.4, -0.2) is 33.1 Å². The highest BCUT2D eigenvalue weighted by molar-refractivity contribution is 5.87. The number of halogens is 1. The fourth-order valence-corrected chi connectivity index (χ4v) is 3.98. The summed E-state index contributed by atoms with van der Waals surface area (Å²) >= 11 is 0. The summed E-state index contributed by atoms with van der Waals surface area (Å²) in [5.41, 5.74) is 11.3. The molecule has 2 aromatic carbocycles. The van der Waals surface area contributed by atoms with E-state index in [1.807, 2.05) is 49.4 Å². The Morgan fingerprint density at radius 1 is 1.03 bits per heavy atom. The first kappa shape index (κ1) is 23.4. The summed E-state index contributed by atoms with van der Waals surface area (Å²) in [6, 6.07) is 20.3. The first-order chi connectivity index (χ1) is 17.6. The van der Waals surface area contributed by atoms with Crippen molar-refractivity contribution >= 4 is 16.6 Å². The minimum absolute atomic E-state index is 0.291. The Balaban J connectivity index is 1.51. The van der Waals surface area contributed by atoms with Crippen LogP contribution in [0.5, 0.6) is 5.75 Å². The van der Waals surface area contributed by atoms with E-state index in [0.717, 1.165) is 45.7 Å². The molecule has 0 spiro atoms. The van der Waals surface area contributed by atoms with Crippen LogP contribution in [-0.2, 0) is 6.54 Å². The lowest BCUT2D eigenvalue weighted by Crippen LogP contribution is -2.06. The number of benzene rings is 2. The normalized spacial score (nSPS) is 11.1. The van der Waals surface area contributed by atoms with E-state index < -0.39 is 0 Å². The predicted octanol–water partition coefficient (Wildman–Crippen LogP) is 5.47. The third-order valence-corrected chi connectivity index (χ3v) is 5.73. The average Bonchev–Trinajstić information content (AvgIpc) is 3.32. The van der Waals surface area contributed by atoms with Crippen molar-refractivity contribution in [3.05, 3.63) is 90.3 Å². The highest BCUT2D eigenvalue weighted by atomic mass is 19.1. The summed E-state index contributed by atoms with van der Waals surface area (Å²) in [5, 5.41) is 4.18. The fraction of sp³-hybridized carbons (Fsp3) is 0.179. The SMILES string of the molecule is Cc1cccc(-c2[nH]c(CNc3cccc(F)c3)nc2-c2ccc3ncc(OCCCN)cc3c2)n1. The second-order valence-corrected chi connectivity index (χ2v) is 8.50. The molecule has 0 saturated heterocycles. The van der Waals surface area contributed by atoms with Crippen LogP contribution in [0, 0.1) is 12.7 Å². The smallest absolute Gasteiger partial charge is 0.138 e. The molecule has 3 heterocycles. The van der Waals surface area contributed by atoms with E-state index in [0.29, 0.717) is 37.0 Å². The first-order valence-electron chi connectivity index (χ1n) is 11.8. The van der Waals surface area contributed by atoms with Crippen molar-refractivity contribution in [1.29, 1.82) is 0 Å². The van der Waals surface area contributed by atoms with Crippen molar-refractivity contribution in [2.45, 2.75) is 19.9 Å². The summed E-state index contributed by atoms with van der Waals surface area (Å²) in [7, 11) is 0. The molecule has 0 bridgehead atoms. The molecule has 0 atom stereocenters. The molecule has 36 heavy (non-hydrogen) atoms. The van der Waals surface area contributed by atoms with Crippen LogP contribution in [0.1, 0.15) is 17.9 Å². The van der Waals surface area contributed by atoms with Crippen LogP contribution >= 0.6 is 0 Å². The van der Waals surface area contributed by atoms with Crippen molar-refractivity contribution in [2.24, 2.45) is 5.73 Å². The Bertz CT molecular complexity index is 1500. The van der Waals surface area contributed by atoms with Gasteiger partial charge in [-0.15, -0.1) is 0 Å². The number of imidazole rings is 1. The topological polar surface area (TPSA) is 102 Å². The molecule has 7 nitrogen and oxygen atoms in total. The quantitative estimate of drug-likeness (QED) is 0.241. The number of aromatic nitrogens is 4. The molecule has 0 aliphatic heterocycles. The maximum absolute atomic E-state index is 13.6. The second kappa shape index (κ2) is 10.5. The van der Waals surface area contributed by atoms with Crippen LogP contribution in [0.3, 0.4) is 0 Å². The van der Waals surface area contributed by atoms with E-state index in [9.17, 15) is 4.39 Å². The zero-order valence-corrected chi connectivity index (χ0v) is 20.0. The number of ether oxygens (including phenoxy) is 1. The molecule has 0 fully saturated rings. The predicted molar refractivity (Wildman–Crippen MR) is 140 cm³/mol. The number of aromatic amines is 1. The zero-order valence-electron chi connectivity index (χ0n) is 20.0. The largest absolute Gasteiger partial charge is 0.492 e. The van der Waals surface area contributed by atoms with Crippen LogP contribution in [0.4, 0.5) is 10.1 Å². The molecule has 3 aromatic heterocycles. The molecule has 8 heteroatoms. The van der Waals surface area contributed by atoms with Gasteiger partial charge in [0.2, 0.25) is 0 Å². The lowest BCUT2D eigenvalue weighted by atomic mass is 10.1. The summed E-state index contributed by atoms with van der Waals surface area (Å²) < 4.78 is 19.4. The standard InChI is InChI=1S/C28H27FN6O/c1-18-5-2-8-25(33-18)28-27(34-26(35-28)17-31-22-7-3-6-21(29)15-22)19-9-10-24-20(13-19)14-23(16-32-24)36-12-4-11-30/h2-3,5-10,13-16,31H,4,11-12,17,30H2,1H3,(H,34,35). The Morgan fingerprint density at radius 2 is 1.92 bits per heavy atom. The maximum Gasteiger partial charge on any atom is 0.138 e. The summed E-state index contributed by atoms with van der Waals surface area (Å²) in [6.07, 6.45) is 2.51. The highest BCUT2D eigenvalue weighted by Crippen LogP contribution is 2.32. The maximum atomic E-state index is 13.6. The molecule has 5 aromatic rings. The molecule has 182 valence electrons. The molecule has 0 amide bonds. The van der Waals surface area contributed by atoms with Crippen molar-refractivity contribution in [2.75, 3.05) is 18.5 Å². The number of aryl methyl sites for hydroxylation is 1. The van der Waals surface area contributed by atoms with E-state index in [1.165, 1.54) is 12.1 Å². The number of anilines is 1. The highest BCUT2D eigenvalue weighted by Gasteiger charge is 2.16. The van der Waals surface area contributed by atoms with Gasteiger partial charge in [-0.25, -0.2) is 9.37 Å². The molecular formula is C28H27FN6O. The van der Waals surface area contributed by atoms with Crippen molar-refractivity contribution < 1.29 is 9.13 Å². The van der Waals surface area contributed by atoms with Gasteiger partial charge in [-0.3, -0.25) is 9.97 Å². The minimum Gasteiger partial charge on any atom is -0.492 e. The van der Waals surface area contributed by atoms with Gasteiger partial charge in [0.15, 0.2) is 0 Å². The number of nitrogens with one attached hydrogen (secondary N) is 2. The average molecular weight is 483 g/mol. The van der Waals surface area contributed by atoms with Gasteiger partial charge in [-0.2, -0.15) is 0 Å². The van der Waals surface area contributed by atoms with Gasteiger partial charge in [0, 0.05) is 22.3 Å². The van der Waals surface area contributed by atoms with Crippen LogP contribution in [0.2, 0.25) is 0 Å². The monoisotopic (exact) mass is 482 g/mol. The number of hydrogen-bond donors (Lipinski definition) is 3. The Labute approximate surface area is 208 Å². The number of fused-ring (bicyclic) bond motifs is 1. The summed E-state index contributed by atoms with van der Waals surface area (Å²) in [5.74, 6) is 1.13. The zero-order chi connectivity index (χ0) is 24.9. The number of hydrogen-bond acceptors (Lipinski definition) is 6. The lowest BCUT2D eigenvalue weighted by Gasteiger charge is -2.08. The Hall–Kier alpha value is -4.30. The van der Waals surface area contributed by atoms with Gasteiger partial charge in [-0.1, -0.05) is 18.2 Å². The molecule has 0 saturated carbocycles. The molecule has 0 unspecified atom stereocenters. The van der Waals surface area contributed by atoms with E-state index >= 15 is 0 Å². The van der Waals surface area contributed by atoms with E-state index in [-0.39, 0.29) is 5.82 Å². The van der Waals surface area contributed by atoms with Crippen LogP contribution in [0.15, 0.2) is 72.9 Å². The molecule has 0 aliphatic carbocycles. The Kier molecular flexibility index (Phi) is 6.86. The fourth-order valence-electron chi connectivity index (χ4n) is 3.98. The van der Waals surface area contributed by atoms with Crippen molar-refractivity contribution in [3.63, 3.8) is 0 Å². The Morgan fingerprint density at radius 3 is 2.75 bits per heavy atom. The molecule has 0 aliphatic rings. The van der Waals surface area contributed by atoms with E-state index in [1.54, 1.807) is 12.3 Å². The van der Waals surface area contributed by atoms with Gasteiger partial charge in [-0.05, 0) is 68.4 Å². The lowest BCUT2D eigenvalue weighted by molar-refractivity contribution is 0.313. The third kappa shape index (κ3) is 5.34. The molecule has 0 radical (unpaired) electrons. The number of pyridine rings is 2. The first-order valence-corrected chi connectivity index (χ1v) is 11.8. The van der Waals surface area contributed by atoms with Gasteiger partial charge >= 0.3 is 0 Å². The minimum atomic E-state index is -0.291. The molecule has 4 N–H and O–H groups in total. The number of nitrogens with zero attached hydrogens (tertiary/aromatic N) is 3. The van der Waals surface area contributed by atoms with Crippen LogP contribution in [0.25, 0.3) is 33.5 Å². The van der Waals surface area contributed by atoms with Crippen molar-refractivity contribution in [1.82, 2.24) is 19.9 Å². The third-order valence-electron chi connectivity index (χ3n) is 5.73. The van der Waals surface area contributed by atoms with Gasteiger partial charge in [0.05, 0.1) is 41.9 Å². The second-order valence-electron chi connectivity index (χ2n) is 8.50. The number of H-pyrrole nitrogens is 1. The van der Waals surface area contributed by atoms with Gasteiger partial charge in [0.1, 0.15) is 17.4 Å². The summed E-state index contributed by atoms with van der Waals surface area (Å²) in [4.78, 5) is 17.5. The van der Waals surface area contributed by atoms with E-state index in [4.69, 9.17) is 20.4 Å². The van der Waals surface area contributed by atoms with Gasteiger partial charge < -0.3 is 20.8 Å². The molecular weight excluding hydrogens is 455 g/mol. The number of rotatable bonds is 9. The number of nitrogens with two attached hydrogens (primary N) is 1. The van der Waals surface area contributed by atoms with Crippen LogP contribution < -0.4 is 15.8 Å². The molecule has 5 rings (SSSR count). The van der Waals surface area contributed by atoms with Crippen molar-refractivity contribution in [3.8, 4) is 28.4 Å². The van der Waals surface area contributed by atoms with Gasteiger partial charge in [0.25, 0.3) is 0 Å². The van der Waals surface area contributed by atoms with E-state index in [2.05, 4.69) is 21.4 Å². The summed E-state index contributed by atoms with van der Waals surface area (Å²) in [6.45, 7) is 3.49.